The van der Waals surface area contributed by atoms with Crippen LogP contribution in [-0.2, 0) is 5.75 Å². The summed E-state index contributed by atoms with van der Waals surface area (Å²) in [5, 5.41) is 16.4. The summed E-state index contributed by atoms with van der Waals surface area (Å²) in [5.74, 6) is 3.38. The number of benzene rings is 1. The van der Waals surface area contributed by atoms with Crippen LogP contribution in [0.3, 0.4) is 0 Å². The first kappa shape index (κ1) is 16.3. The molecule has 0 spiro atoms. The maximum atomic E-state index is 5.61. The van der Waals surface area contributed by atoms with Crippen LogP contribution in [0.4, 0.5) is 10.8 Å². The summed E-state index contributed by atoms with van der Waals surface area (Å²) in [6.45, 7) is 2.58. The molecule has 1 saturated carbocycles. The van der Waals surface area contributed by atoms with Crippen LogP contribution in [0, 0.1) is 0 Å². The summed E-state index contributed by atoms with van der Waals surface area (Å²) in [6.07, 6.45) is 2.31. The number of anilines is 2. The van der Waals surface area contributed by atoms with Crippen molar-refractivity contribution in [2.24, 2.45) is 0 Å². The Kier molecular flexibility index (Phi) is 4.84. The molecule has 0 atom stereocenters. The van der Waals surface area contributed by atoms with Crippen molar-refractivity contribution in [1.29, 1.82) is 0 Å². The molecule has 3 aromatic rings. The lowest BCUT2D eigenvalue weighted by molar-refractivity contribution is 0.342. The van der Waals surface area contributed by atoms with Crippen LogP contribution < -0.4 is 10.1 Å². The van der Waals surface area contributed by atoms with Crippen molar-refractivity contribution in [2.45, 2.75) is 35.8 Å². The highest BCUT2D eigenvalue weighted by molar-refractivity contribution is 8.00. The predicted octanol–water partition coefficient (Wildman–Crippen LogP) is 4.23. The molecule has 130 valence electrons. The fourth-order valence-corrected chi connectivity index (χ4v) is 3.84. The Hall–Kier alpha value is -2.13. The standard InChI is InChI=1S/C16H17N5O2S2/c1-2-22-12-6-4-3-5-11(12)17-15-19-20-16(25-15)24-9-13-18-14(23-21-13)10-7-8-10/h3-6,10H,2,7-9H2,1H3,(H,17,19). The van der Waals surface area contributed by atoms with Crippen molar-refractivity contribution >= 4 is 33.9 Å². The SMILES string of the molecule is CCOc1ccccc1Nc1nnc(SCc2noc(C3CC3)n2)s1. The van der Waals surface area contributed by atoms with Crippen LogP contribution in [0.5, 0.6) is 5.75 Å². The molecule has 1 aromatic carbocycles. The van der Waals surface area contributed by atoms with Gasteiger partial charge in [0.25, 0.3) is 0 Å². The van der Waals surface area contributed by atoms with E-state index in [1.165, 1.54) is 11.3 Å². The van der Waals surface area contributed by atoms with Crippen LogP contribution >= 0.6 is 23.1 Å². The highest BCUT2D eigenvalue weighted by Gasteiger charge is 2.29. The van der Waals surface area contributed by atoms with E-state index in [1.807, 2.05) is 31.2 Å². The molecule has 1 N–H and O–H groups in total. The number of thioether (sulfide) groups is 1. The number of nitrogens with one attached hydrogen (secondary N) is 1. The number of aromatic nitrogens is 4. The molecule has 0 radical (unpaired) electrons. The Morgan fingerprint density at radius 1 is 1.32 bits per heavy atom. The fraction of sp³-hybridized carbons (Fsp3) is 0.375. The van der Waals surface area contributed by atoms with Gasteiger partial charge >= 0.3 is 0 Å². The first-order chi connectivity index (χ1) is 12.3. The molecule has 2 aromatic heterocycles. The lowest BCUT2D eigenvalue weighted by atomic mass is 10.3. The second kappa shape index (κ2) is 7.40. The summed E-state index contributed by atoms with van der Waals surface area (Å²) < 4.78 is 11.7. The molecule has 1 fully saturated rings. The number of hydrogen-bond acceptors (Lipinski definition) is 9. The molecule has 0 bridgehead atoms. The molecule has 0 unspecified atom stereocenters. The third kappa shape index (κ3) is 4.10. The maximum absolute atomic E-state index is 5.61. The molecule has 0 amide bonds. The minimum atomic E-state index is 0.481. The smallest absolute Gasteiger partial charge is 0.229 e. The number of ether oxygens (including phenoxy) is 1. The quantitative estimate of drug-likeness (QED) is 0.585. The van der Waals surface area contributed by atoms with Crippen molar-refractivity contribution in [2.75, 3.05) is 11.9 Å². The third-order valence-electron chi connectivity index (χ3n) is 3.57. The second-order valence-corrected chi connectivity index (χ2v) is 7.74. The molecule has 4 rings (SSSR count). The van der Waals surface area contributed by atoms with E-state index in [2.05, 4.69) is 25.7 Å². The zero-order chi connectivity index (χ0) is 17.1. The molecule has 7 nitrogen and oxygen atoms in total. The van der Waals surface area contributed by atoms with Gasteiger partial charge in [0, 0.05) is 5.92 Å². The second-order valence-electron chi connectivity index (χ2n) is 5.54. The zero-order valence-corrected chi connectivity index (χ0v) is 15.3. The van der Waals surface area contributed by atoms with Crippen LogP contribution in [0.1, 0.15) is 37.4 Å². The van der Waals surface area contributed by atoms with Crippen molar-refractivity contribution in [1.82, 2.24) is 20.3 Å². The largest absolute Gasteiger partial charge is 0.492 e. The molecule has 0 saturated heterocycles. The Bertz CT molecular complexity index is 846. The van der Waals surface area contributed by atoms with Gasteiger partial charge in [-0.1, -0.05) is 40.4 Å². The van der Waals surface area contributed by atoms with Gasteiger partial charge in [-0.05, 0) is 31.9 Å². The molecular weight excluding hydrogens is 358 g/mol. The van der Waals surface area contributed by atoms with Crippen LogP contribution in [0.15, 0.2) is 33.1 Å². The van der Waals surface area contributed by atoms with Gasteiger partial charge in [-0.3, -0.25) is 0 Å². The Morgan fingerprint density at radius 2 is 2.20 bits per heavy atom. The average molecular weight is 375 g/mol. The number of rotatable bonds is 8. The van der Waals surface area contributed by atoms with Crippen LogP contribution in [0.25, 0.3) is 0 Å². The molecule has 9 heteroatoms. The van der Waals surface area contributed by atoms with Gasteiger partial charge in [0.2, 0.25) is 11.0 Å². The Morgan fingerprint density at radius 3 is 3.04 bits per heavy atom. The minimum Gasteiger partial charge on any atom is -0.492 e. The number of nitrogens with zero attached hydrogens (tertiary/aromatic N) is 4. The molecule has 1 aliphatic rings. The number of hydrogen-bond donors (Lipinski definition) is 1. The van der Waals surface area contributed by atoms with Gasteiger partial charge in [0.15, 0.2) is 10.2 Å². The summed E-state index contributed by atoms with van der Waals surface area (Å²) in [7, 11) is 0. The zero-order valence-electron chi connectivity index (χ0n) is 13.6. The van der Waals surface area contributed by atoms with Crippen LogP contribution in [0.2, 0.25) is 0 Å². The van der Waals surface area contributed by atoms with Crippen molar-refractivity contribution in [3.63, 3.8) is 0 Å². The van der Waals surface area contributed by atoms with Gasteiger partial charge < -0.3 is 14.6 Å². The maximum Gasteiger partial charge on any atom is 0.229 e. The lowest BCUT2D eigenvalue weighted by Gasteiger charge is -2.09. The molecule has 2 heterocycles. The topological polar surface area (TPSA) is 86.0 Å². The van der Waals surface area contributed by atoms with E-state index >= 15 is 0 Å². The summed E-state index contributed by atoms with van der Waals surface area (Å²) in [5.41, 5.74) is 0.879. The summed E-state index contributed by atoms with van der Waals surface area (Å²) in [6, 6.07) is 7.78. The van der Waals surface area contributed by atoms with E-state index in [-0.39, 0.29) is 0 Å². The summed E-state index contributed by atoms with van der Waals surface area (Å²) >= 11 is 3.04. The monoisotopic (exact) mass is 375 g/mol. The van der Waals surface area contributed by atoms with Gasteiger partial charge in [-0.2, -0.15) is 4.98 Å². The van der Waals surface area contributed by atoms with E-state index in [1.54, 1.807) is 11.8 Å². The first-order valence-electron chi connectivity index (χ1n) is 8.09. The first-order valence-corrected chi connectivity index (χ1v) is 9.89. The van der Waals surface area contributed by atoms with Gasteiger partial charge in [0.05, 0.1) is 18.0 Å². The highest BCUT2D eigenvalue weighted by Crippen LogP contribution is 2.39. The van der Waals surface area contributed by atoms with Crippen LogP contribution in [-0.4, -0.2) is 26.9 Å². The minimum absolute atomic E-state index is 0.481. The van der Waals surface area contributed by atoms with Crippen molar-refractivity contribution < 1.29 is 9.26 Å². The van der Waals surface area contributed by atoms with Crippen molar-refractivity contribution in [3.8, 4) is 5.75 Å². The van der Waals surface area contributed by atoms with E-state index in [0.29, 0.717) is 24.1 Å². The predicted molar refractivity (Wildman–Crippen MR) is 96.6 cm³/mol. The van der Waals surface area contributed by atoms with Gasteiger partial charge in [0.1, 0.15) is 5.75 Å². The van der Waals surface area contributed by atoms with E-state index < -0.39 is 0 Å². The Labute approximate surface area is 153 Å². The van der Waals surface area contributed by atoms with E-state index in [0.717, 1.165) is 39.6 Å². The van der Waals surface area contributed by atoms with E-state index in [9.17, 15) is 0 Å². The van der Waals surface area contributed by atoms with Crippen molar-refractivity contribution in [3.05, 3.63) is 36.0 Å². The van der Waals surface area contributed by atoms with E-state index in [4.69, 9.17) is 9.26 Å². The molecule has 25 heavy (non-hydrogen) atoms. The summed E-state index contributed by atoms with van der Waals surface area (Å²) in [4.78, 5) is 4.42. The highest BCUT2D eigenvalue weighted by atomic mass is 32.2. The molecular formula is C16H17N5O2S2. The van der Waals surface area contributed by atoms with Gasteiger partial charge in [-0.15, -0.1) is 10.2 Å². The molecule has 0 aliphatic heterocycles. The fourth-order valence-electron chi connectivity index (χ4n) is 2.23. The number of para-hydroxylation sites is 2. The third-order valence-corrected chi connectivity index (χ3v) is 5.54. The lowest BCUT2D eigenvalue weighted by Crippen LogP contribution is -1.97. The van der Waals surface area contributed by atoms with Gasteiger partial charge in [-0.25, -0.2) is 0 Å². The Balaban J connectivity index is 1.36. The normalized spacial score (nSPS) is 13.8. The molecule has 1 aliphatic carbocycles. The average Bonchev–Trinajstić information content (AvgIpc) is 3.20.